The SMILES string of the molecule is Cc1[nH]nc(CCC(=O)NC2CCN(C(=O)c3ccco3)CC2)c1C. The van der Waals surface area contributed by atoms with Crippen molar-refractivity contribution in [1.29, 1.82) is 0 Å². The number of aromatic amines is 1. The van der Waals surface area contributed by atoms with E-state index in [4.69, 9.17) is 4.42 Å². The van der Waals surface area contributed by atoms with E-state index in [1.807, 2.05) is 13.8 Å². The van der Waals surface area contributed by atoms with Crippen molar-refractivity contribution in [2.75, 3.05) is 13.1 Å². The molecule has 0 aliphatic carbocycles. The summed E-state index contributed by atoms with van der Waals surface area (Å²) in [5.74, 6) is 0.321. The van der Waals surface area contributed by atoms with Gasteiger partial charge in [0, 0.05) is 37.7 Å². The molecule has 0 spiro atoms. The van der Waals surface area contributed by atoms with Gasteiger partial charge in [0.15, 0.2) is 5.76 Å². The maximum absolute atomic E-state index is 12.2. The van der Waals surface area contributed by atoms with E-state index in [1.165, 1.54) is 6.26 Å². The van der Waals surface area contributed by atoms with Crippen LogP contribution in [0.1, 0.15) is 46.8 Å². The molecular weight excluding hydrogens is 320 g/mol. The lowest BCUT2D eigenvalue weighted by Gasteiger charge is -2.31. The molecule has 0 radical (unpaired) electrons. The molecule has 0 saturated carbocycles. The number of carbonyl (C=O) groups excluding carboxylic acids is 2. The summed E-state index contributed by atoms with van der Waals surface area (Å²) in [6.07, 6.45) is 4.09. The Labute approximate surface area is 146 Å². The zero-order valence-electron chi connectivity index (χ0n) is 14.7. The number of H-pyrrole nitrogens is 1. The van der Waals surface area contributed by atoms with E-state index in [0.717, 1.165) is 29.8 Å². The first kappa shape index (κ1) is 17.3. The minimum Gasteiger partial charge on any atom is -0.459 e. The number of piperidine rings is 1. The standard InChI is InChI=1S/C18H24N4O3/c1-12-13(2)20-21-15(12)5-6-17(23)19-14-7-9-22(10-8-14)18(24)16-4-3-11-25-16/h3-4,11,14H,5-10H2,1-2H3,(H,19,23)(H,20,21). The van der Waals surface area contributed by atoms with Crippen molar-refractivity contribution in [2.24, 2.45) is 0 Å². The van der Waals surface area contributed by atoms with Crippen LogP contribution < -0.4 is 5.32 Å². The minimum absolute atomic E-state index is 0.0378. The third-order valence-corrected chi connectivity index (χ3v) is 4.82. The second-order valence-corrected chi connectivity index (χ2v) is 6.53. The topological polar surface area (TPSA) is 91.2 Å². The lowest BCUT2D eigenvalue weighted by Crippen LogP contribution is -2.46. The van der Waals surface area contributed by atoms with Crippen molar-refractivity contribution in [3.05, 3.63) is 41.1 Å². The van der Waals surface area contributed by atoms with Crippen LogP contribution in [-0.4, -0.2) is 46.0 Å². The number of amides is 2. The largest absolute Gasteiger partial charge is 0.459 e. The molecule has 0 atom stereocenters. The van der Waals surface area contributed by atoms with E-state index in [2.05, 4.69) is 15.5 Å². The fourth-order valence-corrected chi connectivity index (χ4v) is 3.09. The maximum atomic E-state index is 12.2. The van der Waals surface area contributed by atoms with E-state index in [-0.39, 0.29) is 17.9 Å². The molecule has 0 aromatic carbocycles. The van der Waals surface area contributed by atoms with Gasteiger partial charge in [-0.25, -0.2) is 0 Å². The van der Waals surface area contributed by atoms with Crippen LogP contribution in [0, 0.1) is 13.8 Å². The maximum Gasteiger partial charge on any atom is 0.289 e. The van der Waals surface area contributed by atoms with Gasteiger partial charge in [-0.3, -0.25) is 14.7 Å². The Morgan fingerprint density at radius 2 is 2.12 bits per heavy atom. The van der Waals surface area contributed by atoms with E-state index in [9.17, 15) is 9.59 Å². The Hall–Kier alpha value is -2.57. The normalized spacial score (nSPS) is 15.4. The Morgan fingerprint density at radius 1 is 1.36 bits per heavy atom. The lowest BCUT2D eigenvalue weighted by molar-refractivity contribution is -0.122. The third kappa shape index (κ3) is 4.10. The summed E-state index contributed by atoms with van der Waals surface area (Å²) >= 11 is 0. The molecule has 2 N–H and O–H groups in total. The van der Waals surface area contributed by atoms with Crippen LogP contribution in [0.3, 0.4) is 0 Å². The average Bonchev–Trinajstić information content (AvgIpc) is 3.25. The monoisotopic (exact) mass is 344 g/mol. The van der Waals surface area contributed by atoms with Crippen LogP contribution >= 0.6 is 0 Å². The van der Waals surface area contributed by atoms with Gasteiger partial charge in [-0.05, 0) is 44.4 Å². The second-order valence-electron chi connectivity index (χ2n) is 6.53. The fourth-order valence-electron chi connectivity index (χ4n) is 3.09. The van der Waals surface area contributed by atoms with Crippen molar-refractivity contribution in [1.82, 2.24) is 20.4 Å². The number of rotatable bonds is 5. The Kier molecular flexibility index (Phi) is 5.21. The average molecular weight is 344 g/mol. The highest BCUT2D eigenvalue weighted by molar-refractivity contribution is 5.91. The molecule has 0 unspecified atom stereocenters. The van der Waals surface area contributed by atoms with Crippen molar-refractivity contribution >= 4 is 11.8 Å². The predicted octanol–water partition coefficient (Wildman–Crippen LogP) is 1.97. The Balaban J connectivity index is 1.42. The highest BCUT2D eigenvalue weighted by Crippen LogP contribution is 2.15. The molecule has 1 fully saturated rings. The van der Waals surface area contributed by atoms with Crippen molar-refractivity contribution < 1.29 is 14.0 Å². The smallest absolute Gasteiger partial charge is 0.289 e. The Morgan fingerprint density at radius 3 is 2.72 bits per heavy atom. The summed E-state index contributed by atoms with van der Waals surface area (Å²) in [6, 6.07) is 3.51. The molecule has 1 aliphatic heterocycles. The van der Waals surface area contributed by atoms with Gasteiger partial charge in [0.25, 0.3) is 5.91 Å². The van der Waals surface area contributed by atoms with Crippen LogP contribution in [0.5, 0.6) is 0 Å². The minimum atomic E-state index is -0.0841. The zero-order chi connectivity index (χ0) is 17.8. The molecule has 2 aromatic heterocycles. The highest BCUT2D eigenvalue weighted by Gasteiger charge is 2.25. The van der Waals surface area contributed by atoms with Crippen LogP contribution in [0.25, 0.3) is 0 Å². The number of carbonyl (C=O) groups is 2. The predicted molar refractivity (Wildman–Crippen MR) is 92.2 cm³/mol. The van der Waals surface area contributed by atoms with Gasteiger partial charge in [0.1, 0.15) is 0 Å². The van der Waals surface area contributed by atoms with Crippen LogP contribution in [0.15, 0.2) is 22.8 Å². The number of hydrogen-bond acceptors (Lipinski definition) is 4. The first-order valence-corrected chi connectivity index (χ1v) is 8.67. The number of nitrogens with zero attached hydrogens (tertiary/aromatic N) is 2. The van der Waals surface area contributed by atoms with E-state index >= 15 is 0 Å². The molecule has 2 aromatic rings. The van der Waals surface area contributed by atoms with E-state index in [1.54, 1.807) is 17.0 Å². The molecule has 3 heterocycles. The van der Waals surface area contributed by atoms with E-state index < -0.39 is 0 Å². The summed E-state index contributed by atoms with van der Waals surface area (Å²) < 4.78 is 5.16. The molecule has 1 aliphatic rings. The van der Waals surface area contributed by atoms with Gasteiger partial charge < -0.3 is 14.6 Å². The summed E-state index contributed by atoms with van der Waals surface area (Å²) in [7, 11) is 0. The van der Waals surface area contributed by atoms with Gasteiger partial charge in [-0.2, -0.15) is 5.10 Å². The number of hydrogen-bond donors (Lipinski definition) is 2. The van der Waals surface area contributed by atoms with Gasteiger partial charge >= 0.3 is 0 Å². The molecule has 134 valence electrons. The molecule has 25 heavy (non-hydrogen) atoms. The number of aryl methyl sites for hydroxylation is 2. The van der Waals surface area contributed by atoms with Gasteiger partial charge in [-0.1, -0.05) is 0 Å². The molecular formula is C18H24N4O3. The highest BCUT2D eigenvalue weighted by atomic mass is 16.3. The molecule has 7 heteroatoms. The van der Waals surface area contributed by atoms with Gasteiger partial charge in [0.2, 0.25) is 5.91 Å². The summed E-state index contributed by atoms with van der Waals surface area (Å²) in [4.78, 5) is 26.2. The number of aromatic nitrogens is 2. The number of furan rings is 1. The first-order valence-electron chi connectivity index (χ1n) is 8.67. The molecule has 1 saturated heterocycles. The first-order chi connectivity index (χ1) is 12.0. The fraction of sp³-hybridized carbons (Fsp3) is 0.500. The molecule has 7 nitrogen and oxygen atoms in total. The summed E-state index contributed by atoms with van der Waals surface area (Å²) in [5.41, 5.74) is 3.12. The molecule has 2 amide bonds. The summed E-state index contributed by atoms with van der Waals surface area (Å²) in [6.45, 7) is 5.24. The second kappa shape index (κ2) is 7.55. The number of likely N-dealkylation sites (tertiary alicyclic amines) is 1. The van der Waals surface area contributed by atoms with Gasteiger partial charge in [0.05, 0.1) is 12.0 Å². The van der Waals surface area contributed by atoms with Gasteiger partial charge in [-0.15, -0.1) is 0 Å². The van der Waals surface area contributed by atoms with Crippen LogP contribution in [0.4, 0.5) is 0 Å². The van der Waals surface area contributed by atoms with Crippen molar-refractivity contribution in [3.8, 4) is 0 Å². The van der Waals surface area contributed by atoms with Crippen LogP contribution in [0.2, 0.25) is 0 Å². The summed E-state index contributed by atoms with van der Waals surface area (Å²) in [5, 5.41) is 10.2. The van der Waals surface area contributed by atoms with Crippen molar-refractivity contribution in [2.45, 2.75) is 45.6 Å². The molecule has 3 rings (SSSR count). The molecule has 0 bridgehead atoms. The Bertz CT molecular complexity index is 728. The van der Waals surface area contributed by atoms with E-state index in [0.29, 0.717) is 31.7 Å². The van der Waals surface area contributed by atoms with Crippen molar-refractivity contribution in [3.63, 3.8) is 0 Å². The lowest BCUT2D eigenvalue weighted by atomic mass is 10.0. The number of nitrogens with one attached hydrogen (secondary N) is 2. The third-order valence-electron chi connectivity index (χ3n) is 4.82. The quantitative estimate of drug-likeness (QED) is 0.867. The van der Waals surface area contributed by atoms with Crippen LogP contribution in [-0.2, 0) is 11.2 Å². The zero-order valence-corrected chi connectivity index (χ0v) is 14.7.